The number of rotatable bonds is 2. The highest BCUT2D eigenvalue weighted by Gasteiger charge is 2.52. The van der Waals surface area contributed by atoms with Crippen LogP contribution < -0.4 is 4.72 Å². The molecule has 1 aliphatic carbocycles. The van der Waals surface area contributed by atoms with Gasteiger partial charge < -0.3 is 14.2 Å². The summed E-state index contributed by atoms with van der Waals surface area (Å²) in [4.78, 5) is 13.9. The summed E-state index contributed by atoms with van der Waals surface area (Å²) < 4.78 is 34.9. The maximum absolute atomic E-state index is 14.2. The molecule has 2 aliphatic rings. The van der Waals surface area contributed by atoms with Gasteiger partial charge in [0, 0.05) is 24.5 Å². The number of alkyl halides is 1. The van der Waals surface area contributed by atoms with E-state index in [1.807, 2.05) is 41.5 Å². The first-order valence-corrected chi connectivity index (χ1v) is 10.3. The van der Waals surface area contributed by atoms with Crippen LogP contribution in [0.5, 0.6) is 0 Å². The van der Waals surface area contributed by atoms with Crippen molar-refractivity contribution in [2.75, 3.05) is 13.1 Å². The van der Waals surface area contributed by atoms with E-state index in [4.69, 9.17) is 4.74 Å². The quantitative estimate of drug-likeness (QED) is 0.749. The zero-order valence-corrected chi connectivity index (χ0v) is 17.2. The number of nitrogens with zero attached hydrogens (tertiary/aromatic N) is 1. The summed E-state index contributed by atoms with van der Waals surface area (Å²) in [5.74, 6) is 0. The van der Waals surface area contributed by atoms with Gasteiger partial charge in [0.25, 0.3) is 0 Å². The third-order valence-electron chi connectivity index (χ3n) is 5.08. The van der Waals surface area contributed by atoms with Crippen LogP contribution in [0.25, 0.3) is 0 Å². The van der Waals surface area contributed by atoms with Crippen molar-refractivity contribution in [2.45, 2.75) is 89.8 Å². The second-order valence-corrected chi connectivity index (χ2v) is 11.4. The van der Waals surface area contributed by atoms with Crippen molar-refractivity contribution in [3.8, 4) is 0 Å². The van der Waals surface area contributed by atoms with E-state index in [-0.39, 0.29) is 22.3 Å². The van der Waals surface area contributed by atoms with Crippen LogP contribution in [0.1, 0.15) is 67.2 Å². The average molecular weight is 377 g/mol. The molecular formula is C18H33FN2O3S. The molecular weight excluding hydrogens is 343 g/mol. The van der Waals surface area contributed by atoms with Crippen LogP contribution in [0.4, 0.5) is 9.18 Å². The van der Waals surface area contributed by atoms with Crippen LogP contribution in [0.3, 0.4) is 0 Å². The maximum atomic E-state index is 14.2. The van der Waals surface area contributed by atoms with E-state index < -0.39 is 23.1 Å². The predicted molar refractivity (Wildman–Crippen MR) is 98.4 cm³/mol. The number of likely N-dealkylation sites (tertiary alicyclic amines) is 1. The normalized spacial score (nSPS) is 28.2. The number of hydrogen-bond donors (Lipinski definition) is 1. The van der Waals surface area contributed by atoms with Crippen LogP contribution in [0.2, 0.25) is 0 Å². The van der Waals surface area contributed by atoms with Crippen molar-refractivity contribution in [1.29, 1.82) is 0 Å². The molecule has 1 saturated heterocycles. The number of amides is 1. The first-order valence-electron chi connectivity index (χ1n) is 9.12. The van der Waals surface area contributed by atoms with Crippen molar-refractivity contribution in [3.63, 3.8) is 0 Å². The molecule has 1 amide bonds. The standard InChI is InChI=1S/C18H33FN2O3S/c1-16(2,3)24-15(22)21-9-7-18(8-10-21)12-13(19)11-14(18)20-25(23)17(4,5)6/h13-14,20H,7-12H2,1-6H3/t13-,14?,25+/m0/s1. The van der Waals surface area contributed by atoms with E-state index >= 15 is 0 Å². The molecule has 5 nitrogen and oxygen atoms in total. The Labute approximate surface area is 154 Å². The molecule has 0 aromatic heterocycles. The topological polar surface area (TPSA) is 64.6 Å². The van der Waals surface area contributed by atoms with Gasteiger partial charge in [-0.3, -0.25) is 0 Å². The lowest BCUT2D eigenvalue weighted by Gasteiger charge is -2.43. The number of piperidine rings is 1. The Bertz CT molecular complexity index is 482. The summed E-state index contributed by atoms with van der Waals surface area (Å²) in [7, 11) is 0. The molecule has 1 spiro atoms. The average Bonchev–Trinajstić information content (AvgIpc) is 2.72. The number of nitrogens with one attached hydrogen (secondary N) is 1. The molecule has 0 aromatic rings. The molecule has 2 fully saturated rings. The van der Waals surface area contributed by atoms with Gasteiger partial charge >= 0.3 is 6.09 Å². The first-order chi connectivity index (χ1) is 11.3. The van der Waals surface area contributed by atoms with Gasteiger partial charge in [-0.1, -0.05) is 0 Å². The number of hydrogen-bond acceptors (Lipinski definition) is 4. The van der Waals surface area contributed by atoms with Crippen LogP contribution in [-0.2, 0) is 16.1 Å². The largest absolute Gasteiger partial charge is 0.598 e. The number of halogens is 1. The zero-order chi connectivity index (χ0) is 19.0. The monoisotopic (exact) mass is 376 g/mol. The van der Waals surface area contributed by atoms with Crippen molar-refractivity contribution < 1.29 is 18.5 Å². The smallest absolute Gasteiger partial charge is 0.410 e. The first kappa shape index (κ1) is 20.8. The van der Waals surface area contributed by atoms with E-state index in [9.17, 15) is 13.7 Å². The van der Waals surface area contributed by atoms with Gasteiger partial charge in [0.15, 0.2) is 0 Å². The summed E-state index contributed by atoms with van der Waals surface area (Å²) in [6, 6.07) is -0.108. The third kappa shape index (κ3) is 5.23. The second kappa shape index (κ2) is 7.24. The van der Waals surface area contributed by atoms with Gasteiger partial charge in [-0.2, -0.15) is 0 Å². The van der Waals surface area contributed by atoms with Crippen molar-refractivity contribution in [1.82, 2.24) is 9.62 Å². The molecule has 25 heavy (non-hydrogen) atoms. The van der Waals surface area contributed by atoms with E-state index in [0.29, 0.717) is 38.8 Å². The fraction of sp³-hybridized carbons (Fsp3) is 0.944. The summed E-state index contributed by atoms with van der Waals surface area (Å²) in [6.07, 6.45) is 1.13. The highest BCUT2D eigenvalue weighted by Crippen LogP contribution is 2.48. The minimum Gasteiger partial charge on any atom is -0.598 e. The molecule has 1 N–H and O–H groups in total. The minimum absolute atomic E-state index is 0.108. The molecule has 146 valence electrons. The van der Waals surface area contributed by atoms with Gasteiger partial charge in [0.1, 0.15) is 16.5 Å². The number of carbonyl (C=O) groups is 1. The zero-order valence-electron chi connectivity index (χ0n) is 16.4. The maximum Gasteiger partial charge on any atom is 0.410 e. The summed E-state index contributed by atoms with van der Waals surface area (Å²) in [6.45, 7) is 12.4. The van der Waals surface area contributed by atoms with E-state index in [1.54, 1.807) is 4.90 Å². The van der Waals surface area contributed by atoms with Gasteiger partial charge in [0.2, 0.25) is 0 Å². The Balaban J connectivity index is 2.00. The lowest BCUT2D eigenvalue weighted by Crippen LogP contribution is -2.54. The molecule has 1 saturated carbocycles. The Morgan fingerprint density at radius 2 is 1.80 bits per heavy atom. The molecule has 1 unspecified atom stereocenters. The van der Waals surface area contributed by atoms with Crippen molar-refractivity contribution in [2.24, 2.45) is 5.41 Å². The Hall–Kier alpha value is -0.530. The fourth-order valence-corrected chi connectivity index (χ4v) is 4.62. The molecule has 0 aromatic carbocycles. The van der Waals surface area contributed by atoms with Crippen molar-refractivity contribution >= 4 is 17.5 Å². The fourth-order valence-electron chi connectivity index (χ4n) is 3.67. The van der Waals surface area contributed by atoms with Gasteiger partial charge in [-0.05, 0) is 72.6 Å². The lowest BCUT2D eigenvalue weighted by molar-refractivity contribution is 0.00761. The lowest BCUT2D eigenvalue weighted by atomic mass is 9.74. The van der Waals surface area contributed by atoms with Gasteiger partial charge in [0.05, 0.1) is 6.04 Å². The third-order valence-corrected chi connectivity index (χ3v) is 6.69. The number of ether oxygens (including phenoxy) is 1. The second-order valence-electron chi connectivity index (χ2n) is 9.42. The Kier molecular flexibility index (Phi) is 6.01. The molecule has 3 atom stereocenters. The number of carbonyl (C=O) groups excluding carboxylic acids is 1. The van der Waals surface area contributed by atoms with E-state index in [2.05, 4.69) is 4.72 Å². The van der Waals surface area contributed by atoms with Crippen LogP contribution >= 0.6 is 0 Å². The van der Waals surface area contributed by atoms with Crippen LogP contribution in [0, 0.1) is 5.41 Å². The summed E-state index contributed by atoms with van der Waals surface area (Å²) in [5, 5.41) is 0. The minimum atomic E-state index is -1.22. The summed E-state index contributed by atoms with van der Waals surface area (Å²) in [5.41, 5.74) is -0.740. The highest BCUT2D eigenvalue weighted by atomic mass is 32.2. The van der Waals surface area contributed by atoms with Gasteiger partial charge in [-0.25, -0.2) is 9.18 Å². The molecule has 0 bridgehead atoms. The van der Waals surface area contributed by atoms with Crippen LogP contribution in [-0.4, -0.2) is 51.2 Å². The Morgan fingerprint density at radius 1 is 1.24 bits per heavy atom. The molecule has 0 radical (unpaired) electrons. The molecule has 7 heteroatoms. The summed E-state index contributed by atoms with van der Waals surface area (Å²) >= 11 is -1.22. The molecule has 2 rings (SSSR count). The van der Waals surface area contributed by atoms with Crippen LogP contribution in [0.15, 0.2) is 0 Å². The van der Waals surface area contributed by atoms with E-state index in [1.165, 1.54) is 0 Å². The predicted octanol–water partition coefficient (Wildman–Crippen LogP) is 3.56. The Morgan fingerprint density at radius 3 is 2.28 bits per heavy atom. The molecule has 1 aliphatic heterocycles. The highest BCUT2D eigenvalue weighted by molar-refractivity contribution is 7.90. The van der Waals surface area contributed by atoms with Gasteiger partial charge in [-0.15, -0.1) is 4.72 Å². The SMILES string of the molecule is CC(C)(C)OC(=O)N1CCC2(CC1)C[C@@H](F)CC2N[S@+]([O-])C(C)(C)C. The van der Waals surface area contributed by atoms with Crippen molar-refractivity contribution in [3.05, 3.63) is 0 Å². The molecule has 1 heterocycles. The van der Waals surface area contributed by atoms with E-state index in [0.717, 1.165) is 0 Å².